The number of benzene rings is 2. The molecule has 0 saturated carbocycles. The van der Waals surface area contributed by atoms with Crippen LogP contribution in [-0.4, -0.2) is 50.1 Å². The van der Waals surface area contributed by atoms with Crippen molar-refractivity contribution in [3.8, 4) is 0 Å². The van der Waals surface area contributed by atoms with Crippen molar-refractivity contribution in [2.24, 2.45) is 4.99 Å². The van der Waals surface area contributed by atoms with E-state index in [0.29, 0.717) is 30.1 Å². The molecular weight excluding hydrogens is 434 g/mol. The molecule has 170 valence electrons. The van der Waals surface area contributed by atoms with Gasteiger partial charge >= 0.3 is 0 Å². The smallest absolute Gasteiger partial charge is 0.269 e. The highest BCUT2D eigenvalue weighted by Crippen LogP contribution is 2.23. The molecule has 0 bridgehead atoms. The first-order valence-electron chi connectivity index (χ1n) is 10.1. The Morgan fingerprint density at radius 3 is 2.69 bits per heavy atom. The molecule has 2 aromatic carbocycles. The molecule has 1 amide bonds. The third kappa shape index (κ3) is 5.89. The number of anilines is 1. The molecule has 0 saturated heterocycles. The molecule has 1 aliphatic rings. The van der Waals surface area contributed by atoms with Crippen LogP contribution in [0.5, 0.6) is 0 Å². The van der Waals surface area contributed by atoms with E-state index in [1.54, 1.807) is 36.2 Å². The first-order chi connectivity index (χ1) is 15.2. The minimum absolute atomic E-state index is 0.00981. The Morgan fingerprint density at radius 2 is 2.00 bits per heavy atom. The predicted molar refractivity (Wildman–Crippen MR) is 121 cm³/mol. The van der Waals surface area contributed by atoms with Crippen molar-refractivity contribution in [3.05, 3.63) is 64.2 Å². The van der Waals surface area contributed by atoms with Gasteiger partial charge in [-0.25, -0.2) is 8.42 Å². The highest BCUT2D eigenvalue weighted by molar-refractivity contribution is 7.90. The number of sulfonamides is 1. The summed E-state index contributed by atoms with van der Waals surface area (Å²) >= 11 is 0. The van der Waals surface area contributed by atoms with Gasteiger partial charge in [-0.1, -0.05) is 18.2 Å². The second kappa shape index (κ2) is 9.88. The van der Waals surface area contributed by atoms with Crippen LogP contribution in [-0.2, 0) is 14.8 Å². The second-order valence-corrected chi connectivity index (χ2v) is 9.24. The third-order valence-corrected chi connectivity index (χ3v) is 6.55. The number of hydrogen-bond acceptors (Lipinski definition) is 7. The molecule has 0 aliphatic carbocycles. The highest BCUT2D eigenvalue weighted by atomic mass is 32.2. The van der Waals surface area contributed by atoms with Crippen molar-refractivity contribution in [2.75, 3.05) is 25.5 Å². The summed E-state index contributed by atoms with van der Waals surface area (Å²) in [5.74, 6) is 0.101. The summed E-state index contributed by atoms with van der Waals surface area (Å²) in [7, 11) is -2.05. The number of carbonyl (C=O) groups is 1. The average molecular weight is 460 g/mol. The standard InChI is InChI=1S/C21H25N5O5S/c1-15(16-6-3-8-18(12-16)26(28)29)25(2)14-21(27)23-17-7-4-9-19(13-17)32(30,31)24-20-10-5-11-22-20/h3-4,6-9,12-13,15H,5,10-11,14H2,1-2H3,(H,22,24)(H,23,27). The first kappa shape index (κ1) is 23.4. The fourth-order valence-electron chi connectivity index (χ4n) is 3.29. The van der Waals surface area contributed by atoms with E-state index in [4.69, 9.17) is 0 Å². The van der Waals surface area contributed by atoms with E-state index < -0.39 is 14.9 Å². The van der Waals surface area contributed by atoms with E-state index in [9.17, 15) is 23.3 Å². The van der Waals surface area contributed by atoms with E-state index in [-0.39, 0.29) is 29.1 Å². The van der Waals surface area contributed by atoms with Crippen molar-refractivity contribution in [2.45, 2.75) is 30.7 Å². The molecular formula is C21H25N5O5S. The first-order valence-corrected chi connectivity index (χ1v) is 11.5. The average Bonchev–Trinajstić information content (AvgIpc) is 3.25. The van der Waals surface area contributed by atoms with Crippen LogP contribution in [0.1, 0.15) is 31.4 Å². The van der Waals surface area contributed by atoms with Crippen LogP contribution in [0.4, 0.5) is 11.4 Å². The number of amidine groups is 1. The van der Waals surface area contributed by atoms with Crippen molar-refractivity contribution in [3.63, 3.8) is 0 Å². The molecule has 0 spiro atoms. The maximum atomic E-state index is 12.6. The lowest BCUT2D eigenvalue weighted by atomic mass is 10.1. The number of nitrogens with zero attached hydrogens (tertiary/aromatic N) is 3. The molecule has 32 heavy (non-hydrogen) atoms. The molecule has 0 fully saturated rings. The van der Waals surface area contributed by atoms with E-state index in [1.165, 1.54) is 24.3 Å². The lowest BCUT2D eigenvalue weighted by Gasteiger charge is -2.24. The SMILES string of the molecule is CC(c1cccc([N+](=O)[O-])c1)N(C)CC(=O)Nc1cccc(S(=O)(=O)NC2=NCCC2)c1. The second-order valence-electron chi connectivity index (χ2n) is 7.56. The molecule has 2 aromatic rings. The van der Waals surface area contributed by atoms with Gasteiger partial charge in [0.2, 0.25) is 5.91 Å². The van der Waals surface area contributed by atoms with E-state index in [1.807, 2.05) is 6.92 Å². The van der Waals surface area contributed by atoms with Crippen molar-refractivity contribution in [1.29, 1.82) is 0 Å². The Bertz CT molecular complexity index is 1150. The van der Waals surface area contributed by atoms with Gasteiger partial charge in [-0.15, -0.1) is 0 Å². The molecule has 2 N–H and O–H groups in total. The molecule has 3 rings (SSSR count). The van der Waals surface area contributed by atoms with Gasteiger partial charge < -0.3 is 5.32 Å². The van der Waals surface area contributed by atoms with E-state index >= 15 is 0 Å². The van der Waals surface area contributed by atoms with Gasteiger partial charge in [-0.05, 0) is 44.2 Å². The summed E-state index contributed by atoms with van der Waals surface area (Å²) < 4.78 is 27.6. The predicted octanol–water partition coefficient (Wildman–Crippen LogP) is 2.70. The van der Waals surface area contributed by atoms with Gasteiger partial charge in [0, 0.05) is 36.8 Å². The van der Waals surface area contributed by atoms with Gasteiger partial charge in [-0.3, -0.25) is 29.5 Å². The Kier molecular flexibility index (Phi) is 7.21. The Morgan fingerprint density at radius 1 is 1.25 bits per heavy atom. The maximum absolute atomic E-state index is 12.6. The number of amides is 1. The fourth-order valence-corrected chi connectivity index (χ4v) is 4.43. The number of likely N-dealkylation sites (N-methyl/N-ethyl adjacent to an activating group) is 1. The zero-order valence-corrected chi connectivity index (χ0v) is 18.6. The van der Waals surface area contributed by atoms with Gasteiger partial charge in [-0.2, -0.15) is 0 Å². The summed E-state index contributed by atoms with van der Waals surface area (Å²) in [4.78, 5) is 29.0. The van der Waals surface area contributed by atoms with Crippen molar-refractivity contribution in [1.82, 2.24) is 9.62 Å². The minimum atomic E-state index is -3.78. The lowest BCUT2D eigenvalue weighted by Crippen LogP contribution is -2.32. The van der Waals surface area contributed by atoms with Crippen LogP contribution in [0.15, 0.2) is 58.4 Å². The van der Waals surface area contributed by atoms with Crippen LogP contribution in [0.2, 0.25) is 0 Å². The number of carbonyl (C=O) groups excluding carboxylic acids is 1. The number of non-ortho nitro benzene ring substituents is 1. The van der Waals surface area contributed by atoms with Crippen LogP contribution in [0, 0.1) is 10.1 Å². The Hall–Kier alpha value is -3.31. The monoisotopic (exact) mass is 459 g/mol. The molecule has 0 aromatic heterocycles. The summed E-state index contributed by atoms with van der Waals surface area (Å²) in [5, 5.41) is 13.7. The quantitative estimate of drug-likeness (QED) is 0.460. The van der Waals surface area contributed by atoms with Gasteiger partial charge in [0.15, 0.2) is 0 Å². The van der Waals surface area contributed by atoms with Crippen LogP contribution in [0.25, 0.3) is 0 Å². The number of rotatable bonds is 8. The topological polar surface area (TPSA) is 134 Å². The molecule has 10 nitrogen and oxygen atoms in total. The maximum Gasteiger partial charge on any atom is 0.269 e. The summed E-state index contributed by atoms with van der Waals surface area (Å²) in [5.41, 5.74) is 1.05. The summed E-state index contributed by atoms with van der Waals surface area (Å²) in [6.45, 7) is 2.46. The lowest BCUT2D eigenvalue weighted by molar-refractivity contribution is -0.384. The molecule has 1 atom stereocenters. The normalized spacial score (nSPS) is 14.7. The third-order valence-electron chi connectivity index (χ3n) is 5.17. The largest absolute Gasteiger partial charge is 0.325 e. The Balaban J connectivity index is 1.64. The van der Waals surface area contributed by atoms with Gasteiger partial charge in [0.25, 0.3) is 15.7 Å². The molecule has 0 radical (unpaired) electrons. The molecule has 1 heterocycles. The fraction of sp³-hybridized carbons (Fsp3) is 0.333. The van der Waals surface area contributed by atoms with E-state index in [0.717, 1.165) is 6.42 Å². The van der Waals surface area contributed by atoms with Gasteiger partial charge in [0.1, 0.15) is 5.84 Å². The summed E-state index contributed by atoms with van der Waals surface area (Å²) in [6, 6.07) is 12.0. The number of nitro groups is 1. The number of nitrogens with one attached hydrogen (secondary N) is 2. The number of hydrogen-bond donors (Lipinski definition) is 2. The van der Waals surface area contributed by atoms with E-state index in [2.05, 4.69) is 15.0 Å². The molecule has 1 unspecified atom stereocenters. The molecule has 11 heteroatoms. The van der Waals surface area contributed by atoms with Crippen molar-refractivity contribution < 1.29 is 18.1 Å². The highest BCUT2D eigenvalue weighted by Gasteiger charge is 2.20. The van der Waals surface area contributed by atoms with Crippen LogP contribution in [0.3, 0.4) is 0 Å². The minimum Gasteiger partial charge on any atom is -0.325 e. The van der Waals surface area contributed by atoms with Crippen LogP contribution < -0.4 is 10.0 Å². The zero-order chi connectivity index (χ0) is 23.3. The number of nitro benzene ring substituents is 1. The summed E-state index contributed by atoms with van der Waals surface area (Å²) in [6.07, 6.45) is 1.40. The number of aliphatic imine (C=N–C) groups is 1. The zero-order valence-electron chi connectivity index (χ0n) is 17.8. The van der Waals surface area contributed by atoms with Crippen LogP contribution >= 0.6 is 0 Å². The molecule has 1 aliphatic heterocycles. The Labute approximate surface area is 186 Å². The van der Waals surface area contributed by atoms with Crippen molar-refractivity contribution >= 4 is 33.1 Å². The van der Waals surface area contributed by atoms with Gasteiger partial charge in [0.05, 0.1) is 16.4 Å².